The Kier molecular flexibility index (Phi) is 4.04. The van der Waals surface area contributed by atoms with E-state index in [2.05, 4.69) is 25.9 Å². The van der Waals surface area contributed by atoms with Crippen molar-refractivity contribution in [2.45, 2.75) is 31.7 Å². The summed E-state index contributed by atoms with van der Waals surface area (Å²) in [7, 11) is 0. The zero-order chi connectivity index (χ0) is 18.1. The first-order valence-corrected chi connectivity index (χ1v) is 8.36. The molecule has 2 heterocycles. The molecule has 1 N–H and O–H groups in total. The van der Waals surface area contributed by atoms with Gasteiger partial charge in [0.25, 0.3) is 5.56 Å². The first-order chi connectivity index (χ1) is 12.6. The molecule has 0 spiro atoms. The molecule has 0 radical (unpaired) electrons. The number of nitrogens with zero attached hydrogens (tertiary/aromatic N) is 6. The molecule has 9 heteroatoms. The van der Waals surface area contributed by atoms with E-state index in [1.165, 1.54) is 21.8 Å². The fourth-order valence-electron chi connectivity index (χ4n) is 2.65. The molecule has 0 bridgehead atoms. The molecule has 3 aromatic rings. The average molecular weight is 351 g/mol. The number of rotatable bonds is 5. The highest BCUT2D eigenvalue weighted by atomic mass is 16.2. The fourth-order valence-corrected chi connectivity index (χ4v) is 2.65. The van der Waals surface area contributed by atoms with Gasteiger partial charge in [-0.15, -0.1) is 5.10 Å². The Labute approximate surface area is 148 Å². The maximum Gasteiger partial charge on any atom is 0.267 e. The van der Waals surface area contributed by atoms with Crippen LogP contribution >= 0.6 is 0 Å². The van der Waals surface area contributed by atoms with Gasteiger partial charge in [0, 0.05) is 17.7 Å². The SMILES string of the molecule is CC(C(=O)Nc1ccc(-n2cnnn2)cc1)n1nc(C2CC2)ccc1=O. The lowest BCUT2D eigenvalue weighted by Gasteiger charge is -2.15. The van der Waals surface area contributed by atoms with Gasteiger partial charge in [-0.25, -0.2) is 9.36 Å². The summed E-state index contributed by atoms with van der Waals surface area (Å²) < 4.78 is 2.76. The van der Waals surface area contributed by atoms with Crippen molar-refractivity contribution in [1.82, 2.24) is 30.0 Å². The van der Waals surface area contributed by atoms with Gasteiger partial charge in [0.2, 0.25) is 5.91 Å². The zero-order valence-electron chi connectivity index (χ0n) is 14.1. The zero-order valence-corrected chi connectivity index (χ0v) is 14.1. The number of amides is 1. The van der Waals surface area contributed by atoms with Gasteiger partial charge in [0.05, 0.1) is 11.4 Å². The molecule has 132 valence electrons. The number of carbonyl (C=O) groups excluding carboxylic acids is 1. The monoisotopic (exact) mass is 351 g/mol. The Morgan fingerprint density at radius 3 is 2.62 bits per heavy atom. The summed E-state index contributed by atoms with van der Waals surface area (Å²) in [6, 6.07) is 9.59. The molecule has 1 atom stereocenters. The van der Waals surface area contributed by atoms with Crippen LogP contribution in [0.25, 0.3) is 5.69 Å². The Balaban J connectivity index is 1.49. The third-order valence-electron chi connectivity index (χ3n) is 4.34. The second kappa shape index (κ2) is 6.51. The number of carbonyl (C=O) groups is 1. The summed E-state index contributed by atoms with van der Waals surface area (Å²) in [5, 5.41) is 18.1. The molecule has 1 saturated carbocycles. The van der Waals surface area contributed by atoms with Gasteiger partial charge in [-0.1, -0.05) is 0 Å². The van der Waals surface area contributed by atoms with Crippen LogP contribution in [0.5, 0.6) is 0 Å². The summed E-state index contributed by atoms with van der Waals surface area (Å²) in [5.41, 5.74) is 1.97. The lowest BCUT2D eigenvalue weighted by molar-refractivity contribution is -0.119. The maximum absolute atomic E-state index is 12.5. The number of aromatic nitrogens is 6. The molecular weight excluding hydrogens is 334 g/mol. The first-order valence-electron chi connectivity index (χ1n) is 8.36. The van der Waals surface area contributed by atoms with Gasteiger partial charge in [-0.2, -0.15) is 5.10 Å². The molecule has 0 aliphatic heterocycles. The number of nitrogens with one attached hydrogen (secondary N) is 1. The van der Waals surface area contributed by atoms with Crippen molar-refractivity contribution in [3.05, 3.63) is 58.8 Å². The van der Waals surface area contributed by atoms with Gasteiger partial charge < -0.3 is 5.32 Å². The highest BCUT2D eigenvalue weighted by molar-refractivity contribution is 5.93. The third-order valence-corrected chi connectivity index (χ3v) is 4.34. The Hall–Kier alpha value is -3.36. The van der Waals surface area contributed by atoms with Crippen molar-refractivity contribution in [3.8, 4) is 5.69 Å². The second-order valence-electron chi connectivity index (χ2n) is 6.28. The topological polar surface area (TPSA) is 108 Å². The summed E-state index contributed by atoms with van der Waals surface area (Å²) in [6.45, 7) is 1.66. The van der Waals surface area contributed by atoms with Crippen molar-refractivity contribution in [2.75, 3.05) is 5.32 Å². The van der Waals surface area contributed by atoms with Gasteiger partial charge in [0.15, 0.2) is 0 Å². The molecule has 1 unspecified atom stereocenters. The minimum absolute atomic E-state index is 0.286. The van der Waals surface area contributed by atoms with E-state index in [4.69, 9.17) is 0 Å². The molecular formula is C17H17N7O2. The van der Waals surface area contributed by atoms with E-state index in [-0.39, 0.29) is 11.5 Å². The lowest BCUT2D eigenvalue weighted by atomic mass is 10.2. The van der Waals surface area contributed by atoms with E-state index in [0.717, 1.165) is 24.2 Å². The van der Waals surface area contributed by atoms with Crippen LogP contribution in [0.3, 0.4) is 0 Å². The third kappa shape index (κ3) is 3.23. The molecule has 1 amide bonds. The van der Waals surface area contributed by atoms with Crippen LogP contribution in [0.4, 0.5) is 5.69 Å². The van der Waals surface area contributed by atoms with Gasteiger partial charge in [-0.3, -0.25) is 9.59 Å². The first kappa shape index (κ1) is 16.1. The summed E-state index contributed by atoms with van der Waals surface area (Å²) in [6.07, 6.45) is 3.65. The average Bonchev–Trinajstić information content (AvgIpc) is 3.36. The van der Waals surface area contributed by atoms with Crippen molar-refractivity contribution >= 4 is 11.6 Å². The standard InChI is InChI=1S/C17H17N7O2/c1-11(24-16(25)9-8-15(20-24)12-2-3-12)17(26)19-13-4-6-14(7-5-13)23-10-18-21-22-23/h4-12H,2-3H2,1H3,(H,19,26). The summed E-state index contributed by atoms with van der Waals surface area (Å²) in [5.74, 6) is 0.110. The van der Waals surface area contributed by atoms with Crippen LogP contribution in [0.15, 0.2) is 47.5 Å². The van der Waals surface area contributed by atoms with Crippen molar-refractivity contribution in [2.24, 2.45) is 0 Å². The van der Waals surface area contributed by atoms with Crippen LogP contribution < -0.4 is 10.9 Å². The van der Waals surface area contributed by atoms with Crippen LogP contribution in [-0.2, 0) is 4.79 Å². The minimum Gasteiger partial charge on any atom is -0.324 e. The number of anilines is 1. The normalized spacial score (nSPS) is 14.8. The van der Waals surface area contributed by atoms with Gasteiger partial charge >= 0.3 is 0 Å². The number of hydrogen-bond acceptors (Lipinski definition) is 6. The minimum atomic E-state index is -0.708. The number of benzene rings is 1. The van der Waals surface area contributed by atoms with Crippen LogP contribution in [0, 0.1) is 0 Å². The van der Waals surface area contributed by atoms with Crippen molar-refractivity contribution in [1.29, 1.82) is 0 Å². The predicted octanol–water partition coefficient (Wildman–Crippen LogP) is 1.30. The van der Waals surface area contributed by atoms with Crippen molar-refractivity contribution in [3.63, 3.8) is 0 Å². The number of hydrogen-bond donors (Lipinski definition) is 1. The largest absolute Gasteiger partial charge is 0.324 e. The summed E-state index contributed by atoms with van der Waals surface area (Å²) in [4.78, 5) is 24.6. The number of tetrazole rings is 1. The van der Waals surface area contributed by atoms with E-state index >= 15 is 0 Å². The molecule has 1 fully saturated rings. The Bertz CT molecular complexity index is 975. The fraction of sp³-hybridized carbons (Fsp3) is 0.294. The maximum atomic E-state index is 12.5. The molecule has 2 aromatic heterocycles. The molecule has 1 aliphatic rings. The van der Waals surface area contributed by atoms with E-state index in [0.29, 0.717) is 11.6 Å². The smallest absolute Gasteiger partial charge is 0.267 e. The van der Waals surface area contributed by atoms with Crippen LogP contribution in [-0.4, -0.2) is 35.9 Å². The van der Waals surface area contributed by atoms with Gasteiger partial charge in [0.1, 0.15) is 12.4 Å². The molecule has 1 aromatic carbocycles. The summed E-state index contributed by atoms with van der Waals surface area (Å²) >= 11 is 0. The Morgan fingerprint density at radius 2 is 1.96 bits per heavy atom. The molecule has 4 rings (SSSR count). The highest BCUT2D eigenvalue weighted by Gasteiger charge is 2.27. The van der Waals surface area contributed by atoms with Crippen molar-refractivity contribution < 1.29 is 4.79 Å². The van der Waals surface area contributed by atoms with E-state index < -0.39 is 6.04 Å². The van der Waals surface area contributed by atoms with Crippen LogP contribution in [0.1, 0.15) is 37.4 Å². The highest BCUT2D eigenvalue weighted by Crippen LogP contribution is 2.38. The van der Waals surface area contributed by atoms with Gasteiger partial charge in [-0.05, 0) is 60.5 Å². The molecule has 9 nitrogen and oxygen atoms in total. The van der Waals surface area contributed by atoms with E-state index in [9.17, 15) is 9.59 Å². The second-order valence-corrected chi connectivity index (χ2v) is 6.28. The lowest BCUT2D eigenvalue weighted by Crippen LogP contribution is -2.33. The Morgan fingerprint density at radius 1 is 1.19 bits per heavy atom. The van der Waals surface area contributed by atoms with E-state index in [1.807, 2.05) is 0 Å². The quantitative estimate of drug-likeness (QED) is 0.742. The molecule has 0 saturated heterocycles. The predicted molar refractivity (Wildman–Crippen MR) is 93.0 cm³/mol. The molecule has 26 heavy (non-hydrogen) atoms. The van der Waals surface area contributed by atoms with Crippen LogP contribution in [0.2, 0.25) is 0 Å². The molecule has 1 aliphatic carbocycles. The van der Waals surface area contributed by atoms with E-state index in [1.54, 1.807) is 37.3 Å².